The molecule has 3 rings (SSSR count). The van der Waals surface area contributed by atoms with Crippen LogP contribution < -0.4 is 10.9 Å². The van der Waals surface area contributed by atoms with Crippen LogP contribution in [-0.4, -0.2) is 9.86 Å². The number of rotatable bonds is 4. The van der Waals surface area contributed by atoms with Gasteiger partial charge in [-0.25, -0.2) is 0 Å². The van der Waals surface area contributed by atoms with Crippen LogP contribution in [0.15, 0.2) is 53.3 Å². The second kappa shape index (κ2) is 6.56. The van der Waals surface area contributed by atoms with Crippen LogP contribution >= 0.6 is 23.1 Å². The van der Waals surface area contributed by atoms with Gasteiger partial charge in [0.15, 0.2) is 0 Å². The van der Waals surface area contributed by atoms with Crippen LogP contribution in [0.1, 0.15) is 18.5 Å². The summed E-state index contributed by atoms with van der Waals surface area (Å²) < 4.78 is 2.38. The molecule has 4 nitrogen and oxygen atoms in total. The highest BCUT2D eigenvalue weighted by molar-refractivity contribution is 7.14. The number of fused-ring (bicyclic) bond motifs is 1. The lowest BCUT2D eigenvalue weighted by Crippen LogP contribution is -2.33. The Morgan fingerprint density at radius 1 is 1.22 bits per heavy atom. The van der Waals surface area contributed by atoms with Gasteiger partial charge in [0.1, 0.15) is 6.04 Å². The fraction of sp³-hybridized carbons (Fsp3) is 0.176. The molecule has 118 valence electrons. The Morgan fingerprint density at radius 2 is 1.91 bits per heavy atom. The number of hydrogen-bond donors (Lipinski definition) is 1. The number of carbonyl (C=O) groups is 1. The number of aromatic nitrogens is 1. The standard InChI is InChI=1S/C17H15ClN2O2S/c1-11(16(21)19-10-12-6-2-4-8-14(12)18)20-17(22)13-7-3-5-9-15(13)23-20/h2-9,11H,10H2,1H3,(H,19,21)/t11-/m1/s1. The molecule has 0 aliphatic rings. The molecule has 0 bridgehead atoms. The van der Waals surface area contributed by atoms with Crippen molar-refractivity contribution in [3.63, 3.8) is 0 Å². The van der Waals surface area contributed by atoms with E-state index in [1.165, 1.54) is 15.5 Å². The van der Waals surface area contributed by atoms with Gasteiger partial charge in [0, 0.05) is 11.6 Å². The third-order valence-corrected chi connectivity index (χ3v) is 5.26. The maximum Gasteiger partial charge on any atom is 0.269 e. The minimum absolute atomic E-state index is 0.133. The maximum absolute atomic E-state index is 12.4. The Balaban J connectivity index is 1.78. The van der Waals surface area contributed by atoms with Crippen molar-refractivity contribution in [1.29, 1.82) is 0 Å². The van der Waals surface area contributed by atoms with Crippen molar-refractivity contribution in [2.75, 3.05) is 0 Å². The van der Waals surface area contributed by atoms with Crippen molar-refractivity contribution < 1.29 is 4.79 Å². The van der Waals surface area contributed by atoms with E-state index >= 15 is 0 Å². The van der Waals surface area contributed by atoms with E-state index in [0.29, 0.717) is 17.0 Å². The number of halogens is 1. The normalized spacial score (nSPS) is 12.3. The quantitative estimate of drug-likeness (QED) is 0.784. The monoisotopic (exact) mass is 346 g/mol. The van der Waals surface area contributed by atoms with E-state index in [0.717, 1.165) is 10.3 Å². The number of benzene rings is 2. The van der Waals surface area contributed by atoms with Crippen LogP contribution in [0, 0.1) is 0 Å². The minimum Gasteiger partial charge on any atom is -0.350 e. The van der Waals surface area contributed by atoms with Gasteiger partial charge in [0.05, 0.1) is 10.1 Å². The lowest BCUT2D eigenvalue weighted by Gasteiger charge is -2.12. The summed E-state index contributed by atoms with van der Waals surface area (Å²) in [5.74, 6) is -0.210. The summed E-state index contributed by atoms with van der Waals surface area (Å²) in [6.07, 6.45) is 0. The van der Waals surface area contributed by atoms with E-state index in [1.54, 1.807) is 19.1 Å². The number of nitrogens with zero attached hydrogens (tertiary/aromatic N) is 1. The van der Waals surface area contributed by atoms with E-state index in [9.17, 15) is 9.59 Å². The first kappa shape index (κ1) is 15.8. The first-order valence-electron chi connectivity index (χ1n) is 7.19. The molecule has 0 saturated carbocycles. The Morgan fingerprint density at radius 3 is 2.65 bits per heavy atom. The minimum atomic E-state index is -0.567. The zero-order valence-corrected chi connectivity index (χ0v) is 14.0. The van der Waals surface area contributed by atoms with Crippen LogP contribution in [0.4, 0.5) is 0 Å². The third kappa shape index (κ3) is 3.16. The van der Waals surface area contributed by atoms with Crippen molar-refractivity contribution in [2.45, 2.75) is 19.5 Å². The van der Waals surface area contributed by atoms with E-state index in [4.69, 9.17) is 11.6 Å². The number of amides is 1. The molecule has 3 aromatic rings. The van der Waals surface area contributed by atoms with Crippen molar-refractivity contribution >= 4 is 39.1 Å². The largest absolute Gasteiger partial charge is 0.350 e. The fourth-order valence-corrected chi connectivity index (χ4v) is 3.56. The Labute approximate surface area is 142 Å². The van der Waals surface area contributed by atoms with Gasteiger partial charge in [-0.15, -0.1) is 0 Å². The molecular weight excluding hydrogens is 332 g/mol. The van der Waals surface area contributed by atoms with E-state index in [1.807, 2.05) is 36.4 Å². The molecule has 1 N–H and O–H groups in total. The predicted molar refractivity (Wildman–Crippen MR) is 94.1 cm³/mol. The maximum atomic E-state index is 12.4. The van der Waals surface area contributed by atoms with Gasteiger partial charge in [0.2, 0.25) is 5.91 Å². The zero-order chi connectivity index (χ0) is 16.4. The first-order valence-corrected chi connectivity index (χ1v) is 8.34. The molecule has 0 saturated heterocycles. The lowest BCUT2D eigenvalue weighted by atomic mass is 10.2. The topological polar surface area (TPSA) is 51.1 Å². The number of hydrogen-bond acceptors (Lipinski definition) is 3. The Kier molecular flexibility index (Phi) is 4.50. The van der Waals surface area contributed by atoms with Gasteiger partial charge in [-0.1, -0.05) is 53.5 Å². The highest BCUT2D eigenvalue weighted by atomic mass is 35.5. The summed E-state index contributed by atoms with van der Waals surface area (Å²) in [6.45, 7) is 2.06. The van der Waals surface area contributed by atoms with Gasteiger partial charge in [0.25, 0.3) is 5.56 Å². The lowest BCUT2D eigenvalue weighted by molar-refractivity contribution is -0.123. The average Bonchev–Trinajstić information content (AvgIpc) is 2.90. The van der Waals surface area contributed by atoms with Crippen molar-refractivity contribution in [3.05, 3.63) is 69.5 Å². The zero-order valence-electron chi connectivity index (χ0n) is 12.5. The predicted octanol–water partition coefficient (Wildman–Crippen LogP) is 3.59. The van der Waals surface area contributed by atoms with Crippen LogP contribution in [0.5, 0.6) is 0 Å². The average molecular weight is 347 g/mol. The second-order valence-corrected chi connectivity index (χ2v) is 6.63. The van der Waals surface area contributed by atoms with Crippen molar-refractivity contribution in [2.24, 2.45) is 0 Å². The van der Waals surface area contributed by atoms with Gasteiger partial charge in [-0.05, 0) is 30.7 Å². The summed E-state index contributed by atoms with van der Waals surface area (Å²) in [5.41, 5.74) is 0.712. The summed E-state index contributed by atoms with van der Waals surface area (Å²) in [7, 11) is 0. The van der Waals surface area contributed by atoms with Crippen LogP contribution in [-0.2, 0) is 11.3 Å². The molecule has 0 fully saturated rings. The van der Waals surface area contributed by atoms with Gasteiger partial charge < -0.3 is 5.32 Å². The van der Waals surface area contributed by atoms with Crippen molar-refractivity contribution in [3.8, 4) is 0 Å². The van der Waals surface area contributed by atoms with E-state index < -0.39 is 6.04 Å². The molecule has 0 unspecified atom stereocenters. The molecule has 0 aliphatic carbocycles. The van der Waals surface area contributed by atoms with E-state index in [2.05, 4.69) is 5.32 Å². The molecule has 1 atom stereocenters. The summed E-state index contributed by atoms with van der Waals surface area (Å²) in [6, 6.07) is 14.1. The molecule has 1 aromatic heterocycles. The summed E-state index contributed by atoms with van der Waals surface area (Å²) in [4.78, 5) is 24.7. The molecule has 23 heavy (non-hydrogen) atoms. The molecule has 1 heterocycles. The van der Waals surface area contributed by atoms with Crippen LogP contribution in [0.2, 0.25) is 5.02 Å². The summed E-state index contributed by atoms with van der Waals surface area (Å²) >= 11 is 7.38. The third-order valence-electron chi connectivity index (χ3n) is 3.66. The van der Waals surface area contributed by atoms with Crippen LogP contribution in [0.3, 0.4) is 0 Å². The first-order chi connectivity index (χ1) is 11.1. The number of nitrogens with one attached hydrogen (secondary N) is 1. The van der Waals surface area contributed by atoms with Crippen LogP contribution in [0.25, 0.3) is 10.1 Å². The fourth-order valence-electron chi connectivity index (χ4n) is 2.32. The second-order valence-electron chi connectivity index (χ2n) is 5.20. The molecule has 0 radical (unpaired) electrons. The van der Waals surface area contributed by atoms with Crippen molar-refractivity contribution in [1.82, 2.24) is 9.27 Å². The molecule has 6 heteroatoms. The van der Waals surface area contributed by atoms with Gasteiger partial charge in [-0.2, -0.15) is 0 Å². The highest BCUT2D eigenvalue weighted by Gasteiger charge is 2.19. The number of carbonyl (C=O) groups excluding carboxylic acids is 1. The molecule has 2 aromatic carbocycles. The smallest absolute Gasteiger partial charge is 0.269 e. The molecule has 1 amide bonds. The Bertz CT molecular complexity index is 916. The SMILES string of the molecule is C[C@H](C(=O)NCc1ccccc1Cl)n1sc2ccccc2c1=O. The molecular formula is C17H15ClN2O2S. The van der Waals surface area contributed by atoms with Gasteiger partial charge >= 0.3 is 0 Å². The van der Waals surface area contributed by atoms with E-state index in [-0.39, 0.29) is 11.5 Å². The van der Waals surface area contributed by atoms with Gasteiger partial charge in [-0.3, -0.25) is 13.5 Å². The molecule has 0 spiro atoms. The Hall–Kier alpha value is -2.11. The summed E-state index contributed by atoms with van der Waals surface area (Å²) in [5, 5.41) is 4.09. The highest BCUT2D eigenvalue weighted by Crippen LogP contribution is 2.20. The molecule has 0 aliphatic heterocycles.